The van der Waals surface area contributed by atoms with E-state index in [1.807, 2.05) is 20.8 Å². The van der Waals surface area contributed by atoms with Crippen molar-refractivity contribution >= 4 is 23.8 Å². The number of likely N-dealkylation sites (tertiary alicyclic amines) is 1. The standard InChI is InChI=1S/C20H34N6O4/c1-19(2,3)14(21)17(29)26-8-10-12(20(10,4)5)13(26)16(28)24-11(15(22)27)9-25-7-6-23-18(25)30/h10-14H,6-9,21H2,1-5H3,(H2,22,27)(H,23,30)(H,24,28)/t10-,11-,12-,13-,14+/m0/s1. The molecule has 30 heavy (non-hydrogen) atoms. The fraction of sp³-hybridized carbons (Fsp3) is 0.800. The lowest BCUT2D eigenvalue weighted by molar-refractivity contribution is -0.143. The highest BCUT2D eigenvalue weighted by Gasteiger charge is 2.69. The van der Waals surface area contributed by atoms with Crippen molar-refractivity contribution in [2.75, 3.05) is 26.2 Å². The molecule has 5 amide bonds. The van der Waals surface area contributed by atoms with Gasteiger partial charge in [-0.15, -0.1) is 0 Å². The quantitative estimate of drug-likeness (QED) is 0.426. The number of nitrogens with one attached hydrogen (secondary N) is 2. The summed E-state index contributed by atoms with van der Waals surface area (Å²) in [6, 6.07) is -2.78. The van der Waals surface area contributed by atoms with Gasteiger partial charge in [-0.1, -0.05) is 34.6 Å². The molecule has 0 aromatic carbocycles. The maximum absolute atomic E-state index is 13.3. The van der Waals surface area contributed by atoms with Gasteiger partial charge >= 0.3 is 6.03 Å². The summed E-state index contributed by atoms with van der Waals surface area (Å²) in [5, 5.41) is 5.34. The molecule has 1 aliphatic carbocycles. The average molecular weight is 423 g/mol. The topological polar surface area (TPSA) is 151 Å². The van der Waals surface area contributed by atoms with E-state index < -0.39 is 35.4 Å². The van der Waals surface area contributed by atoms with Gasteiger partial charge in [0, 0.05) is 19.6 Å². The lowest BCUT2D eigenvalue weighted by Gasteiger charge is -2.36. The van der Waals surface area contributed by atoms with Crippen molar-refractivity contribution in [1.82, 2.24) is 20.4 Å². The van der Waals surface area contributed by atoms with E-state index >= 15 is 0 Å². The fourth-order valence-electron chi connectivity index (χ4n) is 4.73. The van der Waals surface area contributed by atoms with Crippen LogP contribution in [0.25, 0.3) is 0 Å². The van der Waals surface area contributed by atoms with Crippen LogP contribution < -0.4 is 22.1 Å². The van der Waals surface area contributed by atoms with Gasteiger partial charge in [0.15, 0.2) is 0 Å². The van der Waals surface area contributed by atoms with E-state index in [0.717, 1.165) is 0 Å². The van der Waals surface area contributed by atoms with Crippen molar-refractivity contribution in [3.63, 3.8) is 0 Å². The van der Waals surface area contributed by atoms with Crippen LogP contribution in [0.5, 0.6) is 0 Å². The van der Waals surface area contributed by atoms with Crippen LogP contribution in [0, 0.1) is 22.7 Å². The van der Waals surface area contributed by atoms with Crippen molar-refractivity contribution < 1.29 is 19.2 Å². The van der Waals surface area contributed by atoms with Gasteiger partial charge in [0.25, 0.3) is 0 Å². The summed E-state index contributed by atoms with van der Waals surface area (Å²) in [7, 11) is 0. The molecule has 0 aromatic heterocycles. The van der Waals surface area contributed by atoms with Crippen LogP contribution in [0.2, 0.25) is 0 Å². The van der Waals surface area contributed by atoms with E-state index in [2.05, 4.69) is 24.5 Å². The van der Waals surface area contributed by atoms with E-state index in [4.69, 9.17) is 11.5 Å². The van der Waals surface area contributed by atoms with Gasteiger partial charge in [-0.2, -0.15) is 0 Å². The Morgan fingerprint density at radius 1 is 1.30 bits per heavy atom. The third-order valence-corrected chi connectivity index (χ3v) is 6.97. The Balaban J connectivity index is 1.77. The zero-order chi connectivity index (χ0) is 22.6. The molecule has 10 nitrogen and oxygen atoms in total. The normalized spacial score (nSPS) is 29.1. The summed E-state index contributed by atoms with van der Waals surface area (Å²) in [4.78, 5) is 53.1. The van der Waals surface area contributed by atoms with Crippen molar-refractivity contribution in [3.05, 3.63) is 0 Å². The highest BCUT2D eigenvalue weighted by molar-refractivity contribution is 5.94. The maximum Gasteiger partial charge on any atom is 0.317 e. The third kappa shape index (κ3) is 3.84. The van der Waals surface area contributed by atoms with E-state index in [1.165, 1.54) is 4.90 Å². The predicted molar refractivity (Wildman–Crippen MR) is 110 cm³/mol. The first-order valence-electron chi connectivity index (χ1n) is 10.5. The summed E-state index contributed by atoms with van der Waals surface area (Å²) in [5.41, 5.74) is 11.2. The molecule has 0 spiro atoms. The third-order valence-electron chi connectivity index (χ3n) is 6.97. The minimum absolute atomic E-state index is 0.00256. The second kappa shape index (κ2) is 7.40. The van der Waals surface area contributed by atoms with Gasteiger partial charge in [0.05, 0.1) is 12.6 Å². The number of rotatable bonds is 6. The van der Waals surface area contributed by atoms with Gasteiger partial charge < -0.3 is 31.9 Å². The number of piperidine rings is 1. The number of hydrogen-bond acceptors (Lipinski definition) is 5. The van der Waals surface area contributed by atoms with Crippen LogP contribution in [-0.4, -0.2) is 77.9 Å². The van der Waals surface area contributed by atoms with Crippen molar-refractivity contribution in [2.24, 2.45) is 34.1 Å². The Bertz CT molecular complexity index is 761. The monoisotopic (exact) mass is 422 g/mol. The smallest absolute Gasteiger partial charge is 0.317 e. The minimum atomic E-state index is -1.03. The Kier molecular flexibility index (Phi) is 5.51. The number of carbonyl (C=O) groups is 4. The molecule has 2 heterocycles. The average Bonchev–Trinajstić information content (AvgIpc) is 3.01. The second-order valence-electron chi connectivity index (χ2n) is 10.4. The van der Waals surface area contributed by atoms with Gasteiger partial charge in [0.2, 0.25) is 17.7 Å². The number of carbonyl (C=O) groups excluding carboxylic acids is 4. The zero-order valence-electron chi connectivity index (χ0n) is 18.4. The molecular weight excluding hydrogens is 388 g/mol. The molecule has 0 radical (unpaired) electrons. The molecular formula is C20H34N6O4. The molecule has 6 N–H and O–H groups in total. The summed E-state index contributed by atoms with van der Waals surface area (Å²) < 4.78 is 0. The molecule has 0 aromatic rings. The first-order valence-corrected chi connectivity index (χ1v) is 10.5. The Morgan fingerprint density at radius 2 is 1.93 bits per heavy atom. The summed E-state index contributed by atoms with van der Waals surface area (Å²) in [5.74, 6) is -1.21. The lowest BCUT2D eigenvalue weighted by atomic mass is 9.86. The largest absolute Gasteiger partial charge is 0.368 e. The van der Waals surface area contributed by atoms with E-state index in [0.29, 0.717) is 19.6 Å². The molecule has 3 rings (SSSR count). The van der Waals surface area contributed by atoms with Gasteiger partial charge in [-0.3, -0.25) is 14.4 Å². The molecule has 10 heteroatoms. The number of urea groups is 1. The lowest BCUT2D eigenvalue weighted by Crippen LogP contribution is -2.60. The van der Waals surface area contributed by atoms with E-state index in [9.17, 15) is 19.2 Å². The molecule has 5 atom stereocenters. The van der Waals surface area contributed by atoms with E-state index in [1.54, 1.807) is 4.90 Å². The summed E-state index contributed by atoms with van der Waals surface area (Å²) in [6.45, 7) is 11.2. The molecule has 168 valence electrons. The van der Waals surface area contributed by atoms with Crippen molar-refractivity contribution in [3.8, 4) is 0 Å². The predicted octanol–water partition coefficient (Wildman–Crippen LogP) is -1.16. The zero-order valence-corrected chi connectivity index (χ0v) is 18.4. The highest BCUT2D eigenvalue weighted by atomic mass is 16.2. The summed E-state index contributed by atoms with van der Waals surface area (Å²) >= 11 is 0. The number of hydrogen-bond donors (Lipinski definition) is 4. The highest BCUT2D eigenvalue weighted by Crippen LogP contribution is 2.65. The number of primary amides is 1. The first-order chi connectivity index (χ1) is 13.8. The number of amides is 5. The van der Waals surface area contributed by atoms with Crippen LogP contribution in [0.4, 0.5) is 4.79 Å². The van der Waals surface area contributed by atoms with Gasteiger partial charge in [0.1, 0.15) is 12.1 Å². The molecule has 1 saturated carbocycles. The first kappa shape index (κ1) is 22.3. The molecule has 2 aliphatic heterocycles. The molecule has 3 fully saturated rings. The van der Waals surface area contributed by atoms with Crippen LogP contribution in [0.3, 0.4) is 0 Å². The van der Waals surface area contributed by atoms with Gasteiger partial charge in [-0.25, -0.2) is 4.79 Å². The maximum atomic E-state index is 13.3. The number of fused-ring (bicyclic) bond motifs is 1. The van der Waals surface area contributed by atoms with Crippen LogP contribution in [0.1, 0.15) is 34.6 Å². The van der Waals surface area contributed by atoms with Crippen LogP contribution >= 0.6 is 0 Å². The number of nitrogens with zero attached hydrogens (tertiary/aromatic N) is 2. The fourth-order valence-corrected chi connectivity index (χ4v) is 4.73. The number of nitrogens with two attached hydrogens (primary N) is 2. The SMILES string of the molecule is CC(C)(C)[C@H](N)C(=O)N1C[C@H]2[C@@H]([C@H]1C(=O)N[C@@H](CN1CCNC1=O)C(N)=O)C2(C)C. The summed E-state index contributed by atoms with van der Waals surface area (Å²) in [6.07, 6.45) is 0. The van der Waals surface area contributed by atoms with Gasteiger partial charge in [-0.05, 0) is 22.7 Å². The second-order valence-corrected chi connectivity index (χ2v) is 10.4. The molecule has 3 aliphatic rings. The Labute approximate surface area is 177 Å². The van der Waals surface area contributed by atoms with E-state index in [-0.39, 0.29) is 35.7 Å². The Hall–Kier alpha value is -2.36. The molecule has 2 saturated heterocycles. The molecule has 0 unspecified atom stereocenters. The van der Waals surface area contributed by atoms with Crippen LogP contribution in [-0.2, 0) is 14.4 Å². The minimum Gasteiger partial charge on any atom is -0.368 e. The molecule has 0 bridgehead atoms. The van der Waals surface area contributed by atoms with Crippen LogP contribution in [0.15, 0.2) is 0 Å². The Morgan fingerprint density at radius 3 is 2.43 bits per heavy atom. The van der Waals surface area contributed by atoms with Crippen molar-refractivity contribution in [2.45, 2.75) is 52.7 Å². The van der Waals surface area contributed by atoms with Crippen molar-refractivity contribution in [1.29, 1.82) is 0 Å².